The maximum atomic E-state index is 12.5. The minimum Gasteiger partial charge on any atom is -0.394 e. The molecule has 21 atom stereocenters. The molecule has 0 spiro atoms. The van der Waals surface area contributed by atoms with Gasteiger partial charge in [0.05, 0.1) is 49.8 Å². The molecule has 14 heteroatoms. The number of aliphatic hydroxyl groups is 10. The lowest BCUT2D eigenvalue weighted by Crippen LogP contribution is -2.70. The summed E-state index contributed by atoms with van der Waals surface area (Å²) in [7, 11) is 0. The fraction of sp³-hybridized carbons (Fsp3) is 0.946. The van der Waals surface area contributed by atoms with Crippen molar-refractivity contribution >= 4 is 0 Å². The smallest absolute Gasteiger partial charge is 0.187 e. The molecule has 4 aliphatic carbocycles. The Kier molecular flexibility index (Phi) is 11.7. The molecule has 0 radical (unpaired) electrons. The van der Waals surface area contributed by atoms with Crippen molar-refractivity contribution in [2.75, 3.05) is 19.8 Å². The molecule has 51 heavy (non-hydrogen) atoms. The van der Waals surface area contributed by atoms with Crippen LogP contribution in [-0.2, 0) is 18.9 Å². The Balaban J connectivity index is 1.06. The Hall–Kier alpha value is -0.820. The first kappa shape index (κ1) is 39.9. The molecule has 0 unspecified atom stereocenters. The highest BCUT2D eigenvalue weighted by Crippen LogP contribution is 2.69. The summed E-state index contributed by atoms with van der Waals surface area (Å²) in [5.41, 5.74) is -2.23. The Labute approximate surface area is 300 Å². The van der Waals surface area contributed by atoms with E-state index in [0.717, 1.165) is 6.42 Å². The van der Waals surface area contributed by atoms with Crippen molar-refractivity contribution in [1.82, 2.24) is 0 Å². The summed E-state index contributed by atoms with van der Waals surface area (Å²) in [4.78, 5) is 0. The van der Waals surface area contributed by atoms with Gasteiger partial charge in [-0.3, -0.25) is 0 Å². The van der Waals surface area contributed by atoms with E-state index in [0.29, 0.717) is 32.1 Å². The summed E-state index contributed by atoms with van der Waals surface area (Å²) in [6, 6.07) is 0. The van der Waals surface area contributed by atoms with Crippen LogP contribution < -0.4 is 0 Å². The van der Waals surface area contributed by atoms with Gasteiger partial charge in [-0.15, -0.1) is 0 Å². The monoisotopic (exact) mass is 730 g/mol. The second kappa shape index (κ2) is 15.0. The van der Waals surface area contributed by atoms with Crippen LogP contribution in [0.3, 0.4) is 0 Å². The second-order valence-electron chi connectivity index (χ2n) is 17.4. The second-order valence-corrected chi connectivity index (χ2v) is 17.4. The zero-order chi connectivity index (χ0) is 37.2. The molecule has 14 nitrogen and oxygen atoms in total. The average Bonchev–Trinajstić information content (AvgIpc) is 3.53. The van der Waals surface area contributed by atoms with E-state index < -0.39 is 103 Å². The first-order valence-electron chi connectivity index (χ1n) is 19.0. The van der Waals surface area contributed by atoms with Gasteiger partial charge in [-0.2, -0.15) is 0 Å². The van der Waals surface area contributed by atoms with Crippen molar-refractivity contribution in [3.8, 4) is 0 Å². The summed E-state index contributed by atoms with van der Waals surface area (Å²) in [5, 5.41) is 107. The highest BCUT2D eigenvalue weighted by molar-refractivity contribution is 5.21. The highest BCUT2D eigenvalue weighted by Gasteiger charge is 2.71. The number of aliphatic hydroxyl groups excluding tert-OH is 9. The van der Waals surface area contributed by atoms with E-state index in [2.05, 4.69) is 26.0 Å². The van der Waals surface area contributed by atoms with E-state index in [1.165, 1.54) is 0 Å². The number of hydrogen-bond acceptors (Lipinski definition) is 14. The van der Waals surface area contributed by atoms with E-state index in [9.17, 15) is 51.1 Å². The fourth-order valence-electron chi connectivity index (χ4n) is 11.6. The molecule has 0 bridgehead atoms. The van der Waals surface area contributed by atoms with Crippen molar-refractivity contribution in [3.05, 3.63) is 12.2 Å². The molecule has 2 aliphatic heterocycles. The van der Waals surface area contributed by atoms with Crippen molar-refractivity contribution < 1.29 is 70.0 Å². The molecule has 0 aromatic rings. The van der Waals surface area contributed by atoms with Crippen molar-refractivity contribution in [2.24, 2.45) is 46.3 Å². The topological polar surface area (TPSA) is 239 Å². The number of fused-ring (bicyclic) bond motifs is 5. The molecule has 294 valence electrons. The molecular weight excluding hydrogens is 668 g/mol. The van der Waals surface area contributed by atoms with Crippen LogP contribution >= 0.6 is 0 Å². The normalized spacial score (nSPS) is 54.2. The third-order valence-electron chi connectivity index (χ3n) is 14.2. The third kappa shape index (κ3) is 6.88. The zero-order valence-corrected chi connectivity index (χ0v) is 30.2. The van der Waals surface area contributed by atoms with Gasteiger partial charge in [-0.1, -0.05) is 39.8 Å². The van der Waals surface area contributed by atoms with Crippen molar-refractivity contribution in [1.29, 1.82) is 0 Å². The summed E-state index contributed by atoms with van der Waals surface area (Å²) in [6.45, 7) is 7.78. The summed E-state index contributed by atoms with van der Waals surface area (Å²) in [6.07, 6.45) is -5.85. The SMILES string of the molecule is C[C@H](C/C=C/[C@@H](C)[C@H]1C[C@@H](O)[C@@H]2[C@]1(C)CC[C@@H]1[C@@]3(C)CC[C@H](O)[C@H](O)[C@@H]3[C@@H](O)C[C@]12O)CO[C@@H]1O[C@@H](CO)[C@H](O)[C@H]1O[C@@H]1OC[C@@H](O)[C@H](O)[C@H]1O. The Morgan fingerprint density at radius 1 is 0.824 bits per heavy atom. The molecule has 0 aromatic carbocycles. The summed E-state index contributed by atoms with van der Waals surface area (Å²) in [5.74, 6) is -0.987. The fourth-order valence-corrected chi connectivity index (χ4v) is 11.6. The maximum Gasteiger partial charge on any atom is 0.187 e. The number of hydrogen-bond donors (Lipinski definition) is 10. The van der Waals surface area contributed by atoms with Crippen molar-refractivity contribution in [3.63, 3.8) is 0 Å². The first-order chi connectivity index (χ1) is 24.0. The standard InChI is InChI=1S/C37H62O14/c1-17(15-48-34-31(29(45)24(14-38)50-34)51-33-30(46)28(44)23(42)16-49-33)6-5-7-18(2)19-12-21(40)32-35(19,3)11-9-25-36(4)10-8-20(39)27(43)26(36)22(41)13-37(25,32)47/h5,7,17-34,38-47H,6,8-16H2,1-4H3/b7-5+/t17-,18-,19-,20+,21-,22+,23-,24+,25-,26+,27+,28+,29+,30-,31-,32-,33+,34-,35-,36-,37+/m1/s1. The van der Waals surface area contributed by atoms with E-state index in [-0.39, 0.29) is 48.7 Å². The van der Waals surface area contributed by atoms with E-state index >= 15 is 0 Å². The number of allylic oxidation sites excluding steroid dienone is 2. The average molecular weight is 731 g/mol. The molecule has 10 N–H and O–H groups in total. The molecule has 6 fully saturated rings. The molecule has 2 heterocycles. The van der Waals surface area contributed by atoms with Gasteiger partial charge in [0.1, 0.15) is 36.6 Å². The predicted molar refractivity (Wildman–Crippen MR) is 179 cm³/mol. The largest absolute Gasteiger partial charge is 0.394 e. The zero-order valence-electron chi connectivity index (χ0n) is 30.2. The van der Waals surface area contributed by atoms with E-state index in [4.69, 9.17) is 18.9 Å². The maximum absolute atomic E-state index is 12.5. The van der Waals surface area contributed by atoms with Gasteiger partial charge < -0.3 is 70.0 Å². The van der Waals surface area contributed by atoms with E-state index in [1.54, 1.807) is 0 Å². The minimum atomic E-state index is -1.57. The van der Waals surface area contributed by atoms with E-state index in [1.807, 2.05) is 13.8 Å². The quantitative estimate of drug-likeness (QED) is 0.124. The highest BCUT2D eigenvalue weighted by atomic mass is 16.8. The van der Waals surface area contributed by atoms with Crippen LogP contribution in [0.1, 0.15) is 72.6 Å². The van der Waals surface area contributed by atoms with Gasteiger partial charge in [0, 0.05) is 18.3 Å². The molecule has 4 saturated carbocycles. The molecule has 0 aromatic heterocycles. The van der Waals surface area contributed by atoms with Crippen LogP contribution in [0, 0.1) is 46.3 Å². The minimum absolute atomic E-state index is 0.00643. The van der Waals surface area contributed by atoms with Crippen LogP contribution in [0.25, 0.3) is 0 Å². The van der Waals surface area contributed by atoms with Crippen LogP contribution in [0.2, 0.25) is 0 Å². The van der Waals surface area contributed by atoms with Crippen LogP contribution in [-0.4, -0.2) is 150 Å². The Morgan fingerprint density at radius 2 is 1.53 bits per heavy atom. The Bertz CT molecular complexity index is 1220. The van der Waals surface area contributed by atoms with Gasteiger partial charge in [0.2, 0.25) is 0 Å². The van der Waals surface area contributed by atoms with Gasteiger partial charge in [0.15, 0.2) is 12.6 Å². The van der Waals surface area contributed by atoms with Crippen LogP contribution in [0.5, 0.6) is 0 Å². The van der Waals surface area contributed by atoms with Crippen LogP contribution in [0.4, 0.5) is 0 Å². The molecule has 2 saturated heterocycles. The number of ether oxygens (including phenoxy) is 4. The summed E-state index contributed by atoms with van der Waals surface area (Å²) >= 11 is 0. The first-order valence-corrected chi connectivity index (χ1v) is 19.0. The van der Waals surface area contributed by atoms with Gasteiger partial charge in [0.25, 0.3) is 0 Å². The Morgan fingerprint density at radius 3 is 2.24 bits per heavy atom. The lowest BCUT2D eigenvalue weighted by atomic mass is 9.41. The molecular formula is C37H62O14. The lowest BCUT2D eigenvalue weighted by molar-refractivity contribution is -0.303. The lowest BCUT2D eigenvalue weighted by Gasteiger charge is -2.66. The molecule has 6 rings (SSSR count). The van der Waals surface area contributed by atoms with Crippen molar-refractivity contribution in [2.45, 2.75) is 152 Å². The number of rotatable bonds is 10. The predicted octanol–water partition coefficient (Wildman–Crippen LogP) is -0.829. The van der Waals surface area contributed by atoms with Gasteiger partial charge in [-0.05, 0) is 73.0 Å². The molecule has 0 amide bonds. The van der Waals surface area contributed by atoms with Gasteiger partial charge in [-0.25, -0.2) is 0 Å². The van der Waals surface area contributed by atoms with Gasteiger partial charge >= 0.3 is 0 Å². The third-order valence-corrected chi connectivity index (χ3v) is 14.2. The molecule has 6 aliphatic rings. The summed E-state index contributed by atoms with van der Waals surface area (Å²) < 4.78 is 22.7. The van der Waals surface area contributed by atoms with Crippen LogP contribution in [0.15, 0.2) is 12.2 Å².